The van der Waals surface area contributed by atoms with Crippen molar-refractivity contribution >= 4 is 33.3 Å². The molecule has 2 aromatic heterocycles. The lowest BCUT2D eigenvalue weighted by atomic mass is 9.93. The molecular weight excluding hydrogens is 572 g/mol. The van der Waals surface area contributed by atoms with E-state index in [2.05, 4.69) is 49.6 Å². The SMILES string of the molecule is CCN(CC)c1ccc2c(C)c(-c3cccc(-c4cccc(-c5c(C)c6ccc(N(CC)CC)cc6oc5=O)c4)c3)c(=O)oc2c1. The first-order chi connectivity index (χ1) is 22.3. The minimum Gasteiger partial charge on any atom is -0.422 e. The van der Waals surface area contributed by atoms with E-state index in [1.165, 1.54) is 0 Å². The highest BCUT2D eigenvalue weighted by molar-refractivity contribution is 5.91. The third kappa shape index (κ3) is 5.49. The summed E-state index contributed by atoms with van der Waals surface area (Å²) in [6.07, 6.45) is 0. The van der Waals surface area contributed by atoms with Gasteiger partial charge in [0.25, 0.3) is 0 Å². The second kappa shape index (κ2) is 12.7. The predicted molar refractivity (Wildman–Crippen MR) is 191 cm³/mol. The van der Waals surface area contributed by atoms with Gasteiger partial charge in [0, 0.05) is 60.5 Å². The number of benzene rings is 4. The number of rotatable bonds is 9. The van der Waals surface area contributed by atoms with Gasteiger partial charge in [0.15, 0.2) is 0 Å². The molecule has 0 aliphatic rings. The minimum atomic E-state index is -0.360. The molecule has 0 aliphatic carbocycles. The van der Waals surface area contributed by atoms with Gasteiger partial charge in [0.1, 0.15) is 11.2 Å². The first-order valence-electron chi connectivity index (χ1n) is 16.1. The summed E-state index contributed by atoms with van der Waals surface area (Å²) in [5, 5.41) is 1.83. The molecule has 0 unspecified atom stereocenters. The minimum absolute atomic E-state index is 0.360. The van der Waals surface area contributed by atoms with Crippen LogP contribution in [0.25, 0.3) is 55.3 Å². The zero-order valence-corrected chi connectivity index (χ0v) is 27.4. The third-order valence-electron chi connectivity index (χ3n) is 9.19. The monoisotopic (exact) mass is 612 g/mol. The lowest BCUT2D eigenvalue weighted by molar-refractivity contribution is 0.562. The van der Waals surface area contributed by atoms with Crippen LogP contribution in [0.3, 0.4) is 0 Å². The Labute approximate surface area is 269 Å². The summed E-state index contributed by atoms with van der Waals surface area (Å²) >= 11 is 0. The Morgan fingerprint density at radius 3 is 1.24 bits per heavy atom. The Morgan fingerprint density at radius 1 is 0.500 bits per heavy atom. The molecule has 0 saturated carbocycles. The molecule has 0 atom stereocenters. The largest absolute Gasteiger partial charge is 0.422 e. The molecule has 46 heavy (non-hydrogen) atoms. The summed E-state index contributed by atoms with van der Waals surface area (Å²) in [6.45, 7) is 15.9. The van der Waals surface area contributed by atoms with Crippen molar-refractivity contribution in [3.63, 3.8) is 0 Å². The van der Waals surface area contributed by atoms with Crippen LogP contribution in [-0.4, -0.2) is 26.2 Å². The van der Waals surface area contributed by atoms with Crippen LogP contribution >= 0.6 is 0 Å². The fraction of sp³-hybridized carbons (Fsp3) is 0.250. The van der Waals surface area contributed by atoms with Crippen molar-refractivity contribution in [1.82, 2.24) is 0 Å². The van der Waals surface area contributed by atoms with Crippen LogP contribution in [0.4, 0.5) is 11.4 Å². The lowest BCUT2D eigenvalue weighted by Gasteiger charge is -2.21. The van der Waals surface area contributed by atoms with Crippen LogP contribution in [0.5, 0.6) is 0 Å². The predicted octanol–water partition coefficient (Wildman–Crippen LogP) is 9.21. The van der Waals surface area contributed by atoms with Crippen molar-refractivity contribution < 1.29 is 8.83 Å². The topological polar surface area (TPSA) is 66.9 Å². The molecule has 6 aromatic rings. The standard InChI is InChI=1S/C40H40N2O4/c1-7-41(8-2)31-17-19-33-25(5)37(39(43)45-35(33)23-31)29-15-11-13-27(21-29)28-14-12-16-30(22-28)38-26(6)34-20-18-32(42(9-3)10-4)24-36(34)46-40(38)44/h11-24H,7-10H2,1-6H3. The van der Waals surface area contributed by atoms with Gasteiger partial charge in [0.05, 0.1) is 11.1 Å². The van der Waals surface area contributed by atoms with Crippen molar-refractivity contribution in [1.29, 1.82) is 0 Å². The molecule has 6 rings (SSSR count). The Bertz CT molecular complexity index is 2030. The van der Waals surface area contributed by atoms with E-state index in [9.17, 15) is 9.59 Å². The van der Waals surface area contributed by atoms with Gasteiger partial charge in [-0.25, -0.2) is 9.59 Å². The van der Waals surface area contributed by atoms with Crippen molar-refractivity contribution in [2.45, 2.75) is 41.5 Å². The highest BCUT2D eigenvalue weighted by Gasteiger charge is 2.18. The summed E-state index contributed by atoms with van der Waals surface area (Å²) < 4.78 is 11.8. The van der Waals surface area contributed by atoms with E-state index in [1.807, 2.05) is 86.6 Å². The normalized spacial score (nSPS) is 11.3. The van der Waals surface area contributed by atoms with Crippen LogP contribution in [0.2, 0.25) is 0 Å². The Morgan fingerprint density at radius 2 is 0.870 bits per heavy atom. The summed E-state index contributed by atoms with van der Waals surface area (Å²) in [5.41, 5.74) is 8.85. The number of hydrogen-bond donors (Lipinski definition) is 0. The van der Waals surface area contributed by atoms with E-state index in [0.717, 1.165) is 81.7 Å². The summed E-state index contributed by atoms with van der Waals surface area (Å²) in [4.78, 5) is 31.3. The van der Waals surface area contributed by atoms with Crippen LogP contribution in [0, 0.1) is 13.8 Å². The third-order valence-corrected chi connectivity index (χ3v) is 9.19. The van der Waals surface area contributed by atoms with Crippen LogP contribution < -0.4 is 21.1 Å². The average Bonchev–Trinajstić information content (AvgIpc) is 3.06. The fourth-order valence-electron chi connectivity index (χ4n) is 6.64. The molecular formula is C40H40N2O4. The van der Waals surface area contributed by atoms with E-state index in [4.69, 9.17) is 8.83 Å². The van der Waals surface area contributed by atoms with Crippen molar-refractivity contribution in [2.24, 2.45) is 0 Å². The molecule has 0 N–H and O–H groups in total. The molecule has 0 radical (unpaired) electrons. The van der Waals surface area contributed by atoms with Crippen LogP contribution in [-0.2, 0) is 0 Å². The molecule has 6 heteroatoms. The molecule has 0 fully saturated rings. The molecule has 2 heterocycles. The molecule has 4 aromatic carbocycles. The first-order valence-corrected chi connectivity index (χ1v) is 16.1. The number of nitrogens with zero attached hydrogens (tertiary/aromatic N) is 2. The maximum absolute atomic E-state index is 13.4. The van der Waals surface area contributed by atoms with E-state index < -0.39 is 0 Å². The van der Waals surface area contributed by atoms with Gasteiger partial charge >= 0.3 is 11.3 Å². The van der Waals surface area contributed by atoms with Gasteiger partial charge in [0.2, 0.25) is 0 Å². The van der Waals surface area contributed by atoms with E-state index in [0.29, 0.717) is 22.3 Å². The molecule has 0 spiro atoms. The Kier molecular flexibility index (Phi) is 8.55. The zero-order valence-electron chi connectivity index (χ0n) is 27.4. The summed E-state index contributed by atoms with van der Waals surface area (Å²) in [5.74, 6) is 0. The van der Waals surface area contributed by atoms with Crippen molar-refractivity contribution in [2.75, 3.05) is 36.0 Å². The van der Waals surface area contributed by atoms with E-state index >= 15 is 0 Å². The van der Waals surface area contributed by atoms with Gasteiger partial charge in [-0.3, -0.25) is 0 Å². The van der Waals surface area contributed by atoms with E-state index in [-0.39, 0.29) is 11.3 Å². The fourth-order valence-corrected chi connectivity index (χ4v) is 6.64. The highest BCUT2D eigenvalue weighted by atomic mass is 16.4. The quantitative estimate of drug-likeness (QED) is 0.152. The molecule has 0 saturated heterocycles. The van der Waals surface area contributed by atoms with Gasteiger partial charge < -0.3 is 18.6 Å². The zero-order chi connectivity index (χ0) is 32.5. The second-order valence-electron chi connectivity index (χ2n) is 11.6. The number of aryl methyl sites for hydroxylation is 2. The number of anilines is 2. The molecule has 0 aliphatic heterocycles. The molecule has 234 valence electrons. The summed E-state index contributed by atoms with van der Waals surface area (Å²) in [6, 6.07) is 28.0. The molecule has 0 bridgehead atoms. The first kappa shape index (κ1) is 30.9. The van der Waals surface area contributed by atoms with Crippen LogP contribution in [0.1, 0.15) is 38.8 Å². The number of fused-ring (bicyclic) bond motifs is 2. The molecule has 6 nitrogen and oxygen atoms in total. The second-order valence-corrected chi connectivity index (χ2v) is 11.6. The average molecular weight is 613 g/mol. The van der Waals surface area contributed by atoms with Gasteiger partial charge in [-0.1, -0.05) is 36.4 Å². The van der Waals surface area contributed by atoms with Crippen molar-refractivity contribution in [3.8, 4) is 33.4 Å². The van der Waals surface area contributed by atoms with Gasteiger partial charge in [-0.05, 0) is 111 Å². The van der Waals surface area contributed by atoms with Crippen molar-refractivity contribution in [3.05, 3.63) is 117 Å². The van der Waals surface area contributed by atoms with Crippen LogP contribution in [0.15, 0.2) is 103 Å². The van der Waals surface area contributed by atoms with Gasteiger partial charge in [-0.15, -0.1) is 0 Å². The maximum Gasteiger partial charge on any atom is 0.344 e. The molecule has 0 amide bonds. The Balaban J connectivity index is 1.40. The maximum atomic E-state index is 13.4. The Hall–Kier alpha value is -5.10. The lowest BCUT2D eigenvalue weighted by Crippen LogP contribution is -2.21. The number of hydrogen-bond acceptors (Lipinski definition) is 6. The smallest absolute Gasteiger partial charge is 0.344 e. The highest BCUT2D eigenvalue weighted by Crippen LogP contribution is 2.34. The van der Waals surface area contributed by atoms with E-state index in [1.54, 1.807) is 0 Å². The van der Waals surface area contributed by atoms with Gasteiger partial charge in [-0.2, -0.15) is 0 Å². The summed E-state index contributed by atoms with van der Waals surface area (Å²) in [7, 11) is 0.